The van der Waals surface area contributed by atoms with Gasteiger partial charge in [-0.1, -0.05) is 218 Å². The molecular weight excluding hydrogens is 835 g/mol. The Morgan fingerprint density at radius 3 is 0.868 bits per heavy atom. The third-order valence-electron chi connectivity index (χ3n) is 13.1. The molecule has 0 aliphatic heterocycles. The summed E-state index contributed by atoms with van der Waals surface area (Å²) < 4.78 is 36.1. The Kier molecular flexibility index (Phi) is 10.3. The van der Waals surface area contributed by atoms with Crippen LogP contribution in [0.15, 0.2) is 255 Å². The zero-order valence-electron chi connectivity index (χ0n) is 36.9. The third kappa shape index (κ3) is 6.94. The fourth-order valence-electron chi connectivity index (χ4n) is 10.0. The van der Waals surface area contributed by atoms with E-state index in [0.717, 1.165) is 88.4 Å². The van der Waals surface area contributed by atoms with Crippen LogP contribution in [0.2, 0.25) is 0 Å². The van der Waals surface area contributed by atoms with Crippen molar-refractivity contribution in [1.82, 2.24) is 0 Å². The molecule has 0 aliphatic rings. The van der Waals surface area contributed by atoms with Gasteiger partial charge >= 0.3 is 0 Å². The molecule has 12 aromatic carbocycles. The maximum absolute atomic E-state index is 18.0. The summed E-state index contributed by atoms with van der Waals surface area (Å²) in [6.07, 6.45) is 0. The topological polar surface area (TPSA) is 6.48 Å². The van der Waals surface area contributed by atoms with E-state index in [4.69, 9.17) is 0 Å². The number of para-hydroxylation sites is 2. The Hall–Kier alpha value is -8.86. The Morgan fingerprint density at radius 1 is 0.250 bits per heavy atom. The molecule has 0 amide bonds. The molecule has 12 rings (SSSR count). The van der Waals surface area contributed by atoms with E-state index < -0.39 is 0 Å². The second-order valence-corrected chi connectivity index (χ2v) is 17.0. The predicted molar refractivity (Wildman–Crippen MR) is 281 cm³/mol. The Morgan fingerprint density at radius 2 is 0.529 bits per heavy atom. The van der Waals surface area contributed by atoms with Crippen LogP contribution in [0.1, 0.15) is 0 Å². The molecule has 0 atom stereocenters. The Labute approximate surface area is 394 Å². The minimum absolute atomic E-state index is 0.318. The van der Waals surface area contributed by atoms with Gasteiger partial charge in [0.05, 0.1) is 22.7 Å². The van der Waals surface area contributed by atoms with Crippen molar-refractivity contribution < 1.29 is 8.78 Å². The molecule has 0 aromatic heterocycles. The molecule has 0 saturated carbocycles. The van der Waals surface area contributed by atoms with Gasteiger partial charge in [0.25, 0.3) is 0 Å². The highest BCUT2D eigenvalue weighted by Gasteiger charge is 2.29. The van der Waals surface area contributed by atoms with Crippen LogP contribution in [0.3, 0.4) is 0 Å². The standard InChI is InChI=1S/C64H42F2N2/c65-61-51(43-19-7-1-8-20-43)37-39-53(45-23-11-3-12-24-45)63(61)67(49-27-15-5-16-28-49)57-41-33-47-32-36-56-58(42-34-48-31-35-55(57)59(47)60(48)56)68(50-29-17-6-18-30-50)64-54(46-25-13-4-14-26-46)40-38-52(62(64)66)44-21-9-2-10-22-44/h1-42H. The van der Waals surface area contributed by atoms with Crippen molar-refractivity contribution in [2.45, 2.75) is 0 Å². The van der Waals surface area contributed by atoms with Crippen molar-refractivity contribution in [2.24, 2.45) is 0 Å². The third-order valence-corrected chi connectivity index (χ3v) is 13.1. The highest BCUT2D eigenvalue weighted by molar-refractivity contribution is 6.28. The van der Waals surface area contributed by atoms with Crippen LogP contribution in [0.5, 0.6) is 0 Å². The Bertz CT molecular complexity index is 3480. The van der Waals surface area contributed by atoms with Crippen molar-refractivity contribution in [1.29, 1.82) is 0 Å². The zero-order valence-corrected chi connectivity index (χ0v) is 36.9. The van der Waals surface area contributed by atoms with Crippen molar-refractivity contribution in [3.63, 3.8) is 0 Å². The average Bonchev–Trinajstić information content (AvgIpc) is 3.41. The number of anilines is 6. The normalized spacial score (nSPS) is 11.4. The molecule has 2 nitrogen and oxygen atoms in total. The van der Waals surface area contributed by atoms with E-state index in [9.17, 15) is 0 Å². The first kappa shape index (κ1) is 40.6. The van der Waals surface area contributed by atoms with E-state index in [1.165, 1.54) is 0 Å². The zero-order chi connectivity index (χ0) is 45.6. The van der Waals surface area contributed by atoms with Crippen LogP contribution in [0.25, 0.3) is 76.8 Å². The van der Waals surface area contributed by atoms with Gasteiger partial charge < -0.3 is 9.80 Å². The summed E-state index contributed by atoms with van der Waals surface area (Å²) >= 11 is 0. The van der Waals surface area contributed by atoms with Gasteiger partial charge in [0.2, 0.25) is 0 Å². The molecule has 68 heavy (non-hydrogen) atoms. The fraction of sp³-hybridized carbons (Fsp3) is 0. The minimum Gasteiger partial charge on any atom is -0.307 e. The monoisotopic (exact) mass is 876 g/mol. The van der Waals surface area contributed by atoms with Crippen molar-refractivity contribution in [2.75, 3.05) is 9.80 Å². The lowest BCUT2D eigenvalue weighted by Crippen LogP contribution is -2.15. The fourth-order valence-corrected chi connectivity index (χ4v) is 10.0. The van der Waals surface area contributed by atoms with Gasteiger partial charge in [0.1, 0.15) is 0 Å². The number of benzene rings is 12. The molecule has 0 heterocycles. The smallest absolute Gasteiger partial charge is 0.155 e. The Balaban J connectivity index is 1.14. The second-order valence-electron chi connectivity index (χ2n) is 17.0. The maximum Gasteiger partial charge on any atom is 0.155 e. The lowest BCUT2D eigenvalue weighted by molar-refractivity contribution is 0.632. The minimum atomic E-state index is -0.318. The highest BCUT2D eigenvalue weighted by atomic mass is 19.1. The summed E-state index contributed by atoms with van der Waals surface area (Å²) in [7, 11) is 0. The SMILES string of the molecule is Fc1c(-c2ccccc2)ccc(-c2ccccc2)c1N(c1ccccc1)c1ccc2ccc3c(N(c4ccccc4)c4c(-c5ccccc5)ccc(-c5ccccc5)c4F)ccc4ccc1c2c43. The molecule has 12 aromatic rings. The quantitative estimate of drug-likeness (QED) is 0.126. The van der Waals surface area contributed by atoms with Crippen molar-refractivity contribution >= 4 is 66.4 Å². The summed E-state index contributed by atoms with van der Waals surface area (Å²) in [5.74, 6) is -0.635. The molecule has 0 N–H and O–H groups in total. The van der Waals surface area contributed by atoms with E-state index in [2.05, 4.69) is 58.3 Å². The van der Waals surface area contributed by atoms with Crippen LogP contribution in [-0.4, -0.2) is 0 Å². The number of hydrogen-bond acceptors (Lipinski definition) is 2. The number of rotatable bonds is 10. The molecule has 0 aliphatic carbocycles. The van der Waals surface area contributed by atoms with Gasteiger partial charge in [-0.2, -0.15) is 0 Å². The second kappa shape index (κ2) is 17.2. The molecule has 0 radical (unpaired) electrons. The molecule has 0 spiro atoms. The van der Waals surface area contributed by atoms with Crippen LogP contribution >= 0.6 is 0 Å². The molecule has 4 heteroatoms. The average molecular weight is 877 g/mol. The lowest BCUT2D eigenvalue weighted by Gasteiger charge is -2.32. The van der Waals surface area contributed by atoms with Gasteiger partial charge in [-0.3, -0.25) is 0 Å². The van der Waals surface area contributed by atoms with Crippen LogP contribution in [-0.2, 0) is 0 Å². The molecule has 0 fully saturated rings. The first-order valence-corrected chi connectivity index (χ1v) is 22.9. The number of hydrogen-bond donors (Lipinski definition) is 0. The van der Waals surface area contributed by atoms with E-state index >= 15 is 8.78 Å². The molecule has 322 valence electrons. The molecule has 0 unspecified atom stereocenters. The van der Waals surface area contributed by atoms with Gasteiger partial charge in [-0.25, -0.2) is 8.78 Å². The molecular formula is C64H42F2N2. The first-order chi connectivity index (χ1) is 33.6. The number of nitrogens with zero attached hydrogens (tertiary/aromatic N) is 2. The van der Waals surface area contributed by atoms with Crippen LogP contribution in [0.4, 0.5) is 42.9 Å². The van der Waals surface area contributed by atoms with E-state index in [1.54, 1.807) is 0 Å². The van der Waals surface area contributed by atoms with E-state index in [1.807, 2.05) is 206 Å². The van der Waals surface area contributed by atoms with Gasteiger partial charge in [0.15, 0.2) is 11.6 Å². The van der Waals surface area contributed by atoms with E-state index in [0.29, 0.717) is 22.5 Å². The number of halogens is 2. The van der Waals surface area contributed by atoms with Crippen molar-refractivity contribution in [3.8, 4) is 44.5 Å². The summed E-state index contributed by atoms with van der Waals surface area (Å²) in [6, 6.07) is 84.8. The summed E-state index contributed by atoms with van der Waals surface area (Å²) in [5.41, 5.74) is 10.2. The van der Waals surface area contributed by atoms with Gasteiger partial charge in [0, 0.05) is 44.4 Å². The molecule has 0 bridgehead atoms. The van der Waals surface area contributed by atoms with Crippen molar-refractivity contribution in [3.05, 3.63) is 266 Å². The molecule has 0 saturated heterocycles. The van der Waals surface area contributed by atoms with Crippen LogP contribution < -0.4 is 9.80 Å². The maximum atomic E-state index is 18.0. The van der Waals surface area contributed by atoms with E-state index in [-0.39, 0.29) is 11.6 Å². The summed E-state index contributed by atoms with van der Waals surface area (Å²) in [4.78, 5) is 4.17. The summed E-state index contributed by atoms with van der Waals surface area (Å²) in [6.45, 7) is 0. The highest BCUT2D eigenvalue weighted by Crippen LogP contribution is 2.52. The van der Waals surface area contributed by atoms with Gasteiger partial charge in [-0.05, 0) is 80.2 Å². The first-order valence-electron chi connectivity index (χ1n) is 22.9. The lowest BCUT2D eigenvalue weighted by atomic mass is 9.90. The predicted octanol–water partition coefficient (Wildman–Crippen LogP) is 18.5. The summed E-state index contributed by atoms with van der Waals surface area (Å²) in [5, 5.41) is 6.08. The largest absolute Gasteiger partial charge is 0.307 e. The van der Waals surface area contributed by atoms with Crippen LogP contribution in [0, 0.1) is 11.6 Å². The van der Waals surface area contributed by atoms with Gasteiger partial charge in [-0.15, -0.1) is 0 Å².